The Balaban J connectivity index is 1.29. The van der Waals surface area contributed by atoms with Crippen LogP contribution in [0.1, 0.15) is 63.0 Å². The van der Waals surface area contributed by atoms with Crippen molar-refractivity contribution in [1.29, 1.82) is 0 Å². The largest absolute Gasteiger partial charge is 0.352 e. The van der Waals surface area contributed by atoms with Gasteiger partial charge in [-0.3, -0.25) is 9.69 Å². The second kappa shape index (κ2) is 8.12. The summed E-state index contributed by atoms with van der Waals surface area (Å²) in [6.45, 7) is 6.45. The zero-order valence-electron chi connectivity index (χ0n) is 16.3. The summed E-state index contributed by atoms with van der Waals surface area (Å²) < 4.78 is 0. The van der Waals surface area contributed by atoms with Crippen LogP contribution in [0.4, 0.5) is 0 Å². The van der Waals surface area contributed by atoms with Gasteiger partial charge in [0, 0.05) is 26.1 Å². The molecule has 3 aliphatic rings. The number of piperidine rings is 1. The summed E-state index contributed by atoms with van der Waals surface area (Å²) in [5.74, 6) is 3.46. The van der Waals surface area contributed by atoms with Gasteiger partial charge in [-0.2, -0.15) is 0 Å². The molecule has 4 rings (SSSR count). The molecule has 4 atom stereocenters. The van der Waals surface area contributed by atoms with Gasteiger partial charge in [-0.25, -0.2) is 0 Å². The Morgan fingerprint density at radius 3 is 2.73 bits per heavy atom. The number of fused-ring (bicyclic) bond motifs is 2. The topological polar surface area (TPSA) is 32.3 Å². The lowest BCUT2D eigenvalue weighted by molar-refractivity contribution is -0.122. The Morgan fingerprint density at radius 2 is 2.00 bits per heavy atom. The molecule has 3 fully saturated rings. The fraction of sp³-hybridized carbons (Fsp3) is 0.696. The van der Waals surface area contributed by atoms with Crippen LogP contribution >= 0.6 is 0 Å². The molecule has 3 heteroatoms. The van der Waals surface area contributed by atoms with E-state index in [9.17, 15) is 4.79 Å². The number of likely N-dealkylation sites (tertiary alicyclic amines) is 1. The number of amides is 1. The van der Waals surface area contributed by atoms with Gasteiger partial charge in [-0.1, -0.05) is 37.6 Å². The van der Waals surface area contributed by atoms with Gasteiger partial charge in [-0.05, 0) is 73.4 Å². The van der Waals surface area contributed by atoms with E-state index in [4.69, 9.17) is 0 Å². The number of nitrogens with zero attached hydrogens (tertiary/aromatic N) is 1. The fourth-order valence-corrected chi connectivity index (χ4v) is 5.69. The Hall–Kier alpha value is -1.35. The minimum atomic E-state index is 0.254. The predicted octanol–water partition coefficient (Wildman–Crippen LogP) is 4.36. The molecular formula is C23H34N2O. The van der Waals surface area contributed by atoms with Crippen molar-refractivity contribution in [3.8, 4) is 0 Å². The van der Waals surface area contributed by atoms with Gasteiger partial charge in [-0.15, -0.1) is 0 Å². The second-order valence-electron chi connectivity index (χ2n) is 9.17. The maximum absolute atomic E-state index is 12.5. The summed E-state index contributed by atoms with van der Waals surface area (Å²) in [7, 11) is 0. The van der Waals surface area contributed by atoms with Crippen LogP contribution in [-0.4, -0.2) is 23.9 Å². The maximum Gasteiger partial charge on any atom is 0.220 e. The maximum atomic E-state index is 12.5. The van der Waals surface area contributed by atoms with Crippen LogP contribution in [0.2, 0.25) is 0 Å². The highest BCUT2D eigenvalue weighted by Gasteiger charge is 2.40. The van der Waals surface area contributed by atoms with E-state index < -0.39 is 0 Å². The molecule has 26 heavy (non-hydrogen) atoms. The Labute approximate surface area is 158 Å². The molecule has 0 radical (unpaired) electrons. The molecule has 1 aromatic rings. The van der Waals surface area contributed by atoms with E-state index in [2.05, 4.69) is 41.4 Å². The SMILES string of the molecule is C[C@@H]1CCCN(Cc2ccccc2CNC(=O)C[C@@H]2C[C@H]3CC[C@H]2C3)C1. The normalized spacial score (nSPS) is 31.3. The molecule has 2 aliphatic carbocycles. The van der Waals surface area contributed by atoms with Crippen molar-refractivity contribution in [2.24, 2.45) is 23.7 Å². The number of rotatable bonds is 6. The number of hydrogen-bond donors (Lipinski definition) is 1. The number of carbonyl (C=O) groups excluding carboxylic acids is 1. The van der Waals surface area contributed by atoms with Gasteiger partial charge in [0.25, 0.3) is 0 Å². The molecular weight excluding hydrogens is 320 g/mol. The number of nitrogens with one attached hydrogen (secondary N) is 1. The van der Waals surface area contributed by atoms with E-state index in [1.165, 1.54) is 62.7 Å². The zero-order valence-corrected chi connectivity index (χ0v) is 16.3. The zero-order chi connectivity index (χ0) is 17.9. The first-order valence-corrected chi connectivity index (χ1v) is 10.7. The second-order valence-corrected chi connectivity index (χ2v) is 9.17. The van der Waals surface area contributed by atoms with E-state index >= 15 is 0 Å². The van der Waals surface area contributed by atoms with Crippen LogP contribution in [0.15, 0.2) is 24.3 Å². The lowest BCUT2D eigenvalue weighted by atomic mass is 9.86. The van der Waals surface area contributed by atoms with Crippen LogP contribution in [0.5, 0.6) is 0 Å². The molecule has 0 aromatic heterocycles. The van der Waals surface area contributed by atoms with Crippen molar-refractivity contribution in [1.82, 2.24) is 10.2 Å². The van der Waals surface area contributed by atoms with Crippen LogP contribution in [0.25, 0.3) is 0 Å². The van der Waals surface area contributed by atoms with Gasteiger partial charge in [0.1, 0.15) is 0 Å². The molecule has 0 spiro atoms. The molecule has 3 nitrogen and oxygen atoms in total. The van der Waals surface area contributed by atoms with E-state index in [0.717, 1.165) is 30.7 Å². The summed E-state index contributed by atoms with van der Waals surface area (Å²) in [4.78, 5) is 15.0. The first-order chi connectivity index (χ1) is 12.7. The molecule has 2 saturated carbocycles. The van der Waals surface area contributed by atoms with Gasteiger partial charge in [0.05, 0.1) is 0 Å². The van der Waals surface area contributed by atoms with Gasteiger partial charge < -0.3 is 5.32 Å². The van der Waals surface area contributed by atoms with Crippen molar-refractivity contribution in [3.63, 3.8) is 0 Å². The third-order valence-corrected chi connectivity index (χ3v) is 7.06. The summed E-state index contributed by atoms with van der Waals surface area (Å²) in [6.07, 6.45) is 8.86. The summed E-state index contributed by atoms with van der Waals surface area (Å²) >= 11 is 0. The molecule has 1 aliphatic heterocycles. The van der Waals surface area contributed by atoms with Crippen molar-refractivity contribution in [3.05, 3.63) is 35.4 Å². The van der Waals surface area contributed by atoms with Crippen LogP contribution in [0, 0.1) is 23.7 Å². The van der Waals surface area contributed by atoms with E-state index in [-0.39, 0.29) is 5.91 Å². The van der Waals surface area contributed by atoms with Gasteiger partial charge >= 0.3 is 0 Å². The van der Waals surface area contributed by atoms with Crippen molar-refractivity contribution in [2.75, 3.05) is 13.1 Å². The molecule has 0 unspecified atom stereocenters. The van der Waals surface area contributed by atoms with Crippen LogP contribution < -0.4 is 5.32 Å². The summed E-state index contributed by atoms with van der Waals surface area (Å²) in [5, 5.41) is 3.21. The average molecular weight is 355 g/mol. The molecule has 1 aromatic carbocycles. The fourth-order valence-electron chi connectivity index (χ4n) is 5.69. The van der Waals surface area contributed by atoms with Gasteiger partial charge in [0.2, 0.25) is 5.91 Å². The molecule has 2 bridgehead atoms. The van der Waals surface area contributed by atoms with E-state index in [0.29, 0.717) is 12.5 Å². The smallest absolute Gasteiger partial charge is 0.220 e. The summed E-state index contributed by atoms with van der Waals surface area (Å²) in [6, 6.07) is 8.64. The lowest BCUT2D eigenvalue weighted by Gasteiger charge is -2.31. The monoisotopic (exact) mass is 354 g/mol. The highest BCUT2D eigenvalue weighted by Crippen LogP contribution is 2.49. The third kappa shape index (κ3) is 4.31. The standard InChI is InChI=1S/C23H34N2O/c1-17-5-4-10-25(15-17)16-21-7-3-2-6-20(21)14-24-23(26)13-22-12-18-8-9-19(22)11-18/h2-3,6-7,17-19,22H,4-5,8-16H2,1H3,(H,24,26)/t17-,18+,19+,22+/m1/s1. The predicted molar refractivity (Wildman–Crippen MR) is 106 cm³/mol. The average Bonchev–Trinajstić information content (AvgIpc) is 3.24. The third-order valence-electron chi connectivity index (χ3n) is 7.06. The Morgan fingerprint density at radius 1 is 1.15 bits per heavy atom. The Kier molecular flexibility index (Phi) is 5.63. The van der Waals surface area contributed by atoms with Crippen LogP contribution in [-0.2, 0) is 17.9 Å². The molecule has 1 N–H and O–H groups in total. The quantitative estimate of drug-likeness (QED) is 0.823. The molecule has 142 valence electrons. The molecule has 1 heterocycles. The first-order valence-electron chi connectivity index (χ1n) is 10.7. The van der Waals surface area contributed by atoms with Gasteiger partial charge in [0.15, 0.2) is 0 Å². The highest BCUT2D eigenvalue weighted by atomic mass is 16.1. The van der Waals surface area contributed by atoms with Crippen molar-refractivity contribution < 1.29 is 4.79 Å². The first kappa shape index (κ1) is 18.0. The highest BCUT2D eigenvalue weighted by molar-refractivity contribution is 5.76. The molecule has 1 amide bonds. The summed E-state index contributed by atoms with van der Waals surface area (Å²) in [5.41, 5.74) is 2.66. The minimum absolute atomic E-state index is 0.254. The molecule has 1 saturated heterocycles. The van der Waals surface area contributed by atoms with Crippen LogP contribution in [0.3, 0.4) is 0 Å². The number of carbonyl (C=O) groups is 1. The van der Waals surface area contributed by atoms with E-state index in [1.54, 1.807) is 0 Å². The number of hydrogen-bond acceptors (Lipinski definition) is 2. The van der Waals surface area contributed by atoms with Crippen molar-refractivity contribution in [2.45, 2.75) is 65.0 Å². The van der Waals surface area contributed by atoms with E-state index in [1.807, 2.05) is 0 Å². The lowest BCUT2D eigenvalue weighted by Crippen LogP contribution is -2.34. The van der Waals surface area contributed by atoms with Crippen molar-refractivity contribution >= 4 is 5.91 Å². The minimum Gasteiger partial charge on any atom is -0.352 e. The Bertz CT molecular complexity index is 628. The number of benzene rings is 1.